The van der Waals surface area contributed by atoms with E-state index in [1.165, 1.54) is 6.21 Å². The average molecular weight is 398 g/mol. The fraction of sp³-hybridized carbons (Fsp3) is 0.105. The Hall–Kier alpha value is -2.91. The summed E-state index contributed by atoms with van der Waals surface area (Å²) in [5, 5.41) is 12.3. The Labute approximate surface area is 154 Å². The number of ether oxygens (including phenoxy) is 1. The lowest BCUT2D eigenvalue weighted by Crippen LogP contribution is -2.16. The highest BCUT2D eigenvalue weighted by atomic mass is 79.9. The maximum absolute atomic E-state index is 11.2. The number of amides is 1. The van der Waals surface area contributed by atoms with Gasteiger partial charge in [0.25, 0.3) is 5.91 Å². The number of carbonyl (C=O) groups excluding carboxylic acids is 1. The summed E-state index contributed by atoms with van der Waals surface area (Å²) in [6.45, 7) is 0.401. The van der Waals surface area contributed by atoms with E-state index in [0.29, 0.717) is 17.9 Å². The number of hydrogen-bond acceptors (Lipinski definition) is 4. The molecule has 0 saturated carbocycles. The van der Waals surface area contributed by atoms with Crippen LogP contribution in [0.2, 0.25) is 0 Å². The quantitative estimate of drug-likeness (QED) is 0.568. The van der Waals surface area contributed by atoms with Crippen molar-refractivity contribution in [2.75, 3.05) is 6.61 Å². The summed E-state index contributed by atoms with van der Waals surface area (Å²) in [4.78, 5) is 11.2. The molecule has 5 nitrogen and oxygen atoms in total. The number of nitrogens with zero attached hydrogens (tertiary/aromatic N) is 2. The molecular weight excluding hydrogens is 382 g/mol. The fourth-order valence-corrected chi connectivity index (χ4v) is 2.30. The number of halogens is 1. The van der Waals surface area contributed by atoms with Crippen LogP contribution in [0.5, 0.6) is 5.75 Å². The number of nitrogens with one attached hydrogen (secondary N) is 1. The van der Waals surface area contributed by atoms with E-state index in [9.17, 15) is 4.79 Å². The summed E-state index contributed by atoms with van der Waals surface area (Å²) >= 11 is 3.39. The van der Waals surface area contributed by atoms with Gasteiger partial charge >= 0.3 is 0 Å². The highest BCUT2D eigenvalue weighted by Crippen LogP contribution is 2.22. The lowest BCUT2D eigenvalue weighted by atomic mass is 10.2. The number of rotatable bonds is 7. The SMILES string of the molecule is N#CCC(=O)N/N=C/c1cc(Br)ccc1OC/C=C/c1ccccc1. The maximum Gasteiger partial charge on any atom is 0.254 e. The molecule has 0 saturated heterocycles. The maximum atomic E-state index is 11.2. The van der Waals surface area contributed by atoms with Gasteiger partial charge in [-0.1, -0.05) is 52.3 Å². The Morgan fingerprint density at radius 1 is 1.28 bits per heavy atom. The molecule has 0 aromatic heterocycles. The van der Waals surface area contributed by atoms with Gasteiger partial charge in [0, 0.05) is 10.0 Å². The molecule has 1 amide bonds. The number of benzene rings is 2. The van der Waals surface area contributed by atoms with E-state index >= 15 is 0 Å². The first-order chi connectivity index (χ1) is 12.2. The topological polar surface area (TPSA) is 74.5 Å². The lowest BCUT2D eigenvalue weighted by molar-refractivity contribution is -0.120. The second-order valence-corrected chi connectivity index (χ2v) is 5.85. The van der Waals surface area contributed by atoms with Crippen molar-refractivity contribution in [2.24, 2.45) is 5.10 Å². The summed E-state index contributed by atoms with van der Waals surface area (Å²) in [7, 11) is 0. The predicted octanol–water partition coefficient (Wildman–Crippen LogP) is 3.91. The van der Waals surface area contributed by atoms with Crippen LogP contribution >= 0.6 is 15.9 Å². The summed E-state index contributed by atoms with van der Waals surface area (Å²) in [5.74, 6) is 0.182. The third-order valence-corrected chi connectivity index (χ3v) is 3.54. The van der Waals surface area contributed by atoms with Gasteiger partial charge in [-0.3, -0.25) is 4.79 Å². The second kappa shape index (κ2) is 10.1. The Bertz CT molecular complexity index is 811. The van der Waals surface area contributed by atoms with Crippen LogP contribution in [0.1, 0.15) is 17.5 Å². The molecule has 2 rings (SSSR count). The minimum atomic E-state index is -0.456. The molecule has 25 heavy (non-hydrogen) atoms. The summed E-state index contributed by atoms with van der Waals surface area (Å²) in [6, 6.07) is 17.2. The molecule has 1 N–H and O–H groups in total. The molecule has 6 heteroatoms. The minimum Gasteiger partial charge on any atom is -0.489 e. The van der Waals surface area contributed by atoms with Crippen LogP contribution < -0.4 is 10.2 Å². The molecule has 0 aliphatic rings. The lowest BCUT2D eigenvalue weighted by Gasteiger charge is -2.07. The molecule has 0 radical (unpaired) electrons. The van der Waals surface area contributed by atoms with Crippen LogP contribution in [0.3, 0.4) is 0 Å². The molecule has 0 fully saturated rings. The number of hydrazone groups is 1. The van der Waals surface area contributed by atoms with E-state index in [2.05, 4.69) is 26.5 Å². The van der Waals surface area contributed by atoms with Crippen LogP contribution in [0.25, 0.3) is 6.08 Å². The first-order valence-corrected chi connectivity index (χ1v) is 8.31. The summed E-state index contributed by atoms with van der Waals surface area (Å²) in [5.41, 5.74) is 4.10. The molecular formula is C19H16BrN3O2. The van der Waals surface area contributed by atoms with E-state index in [0.717, 1.165) is 10.0 Å². The summed E-state index contributed by atoms with van der Waals surface area (Å²) in [6.07, 6.45) is 5.15. The van der Waals surface area contributed by atoms with Gasteiger partial charge in [0.1, 0.15) is 18.8 Å². The molecule has 0 aliphatic heterocycles. The van der Waals surface area contributed by atoms with Gasteiger partial charge < -0.3 is 4.74 Å². The zero-order valence-corrected chi connectivity index (χ0v) is 14.9. The third-order valence-electron chi connectivity index (χ3n) is 3.05. The number of carbonyl (C=O) groups is 1. The van der Waals surface area contributed by atoms with E-state index < -0.39 is 5.91 Å². The standard InChI is InChI=1S/C19H16BrN3O2/c20-17-8-9-18(16(13-17)14-22-23-19(24)10-11-21)25-12-4-7-15-5-2-1-3-6-15/h1-9,13-14H,10,12H2,(H,23,24)/b7-4+,22-14+. The summed E-state index contributed by atoms with van der Waals surface area (Å²) < 4.78 is 6.62. The highest BCUT2D eigenvalue weighted by molar-refractivity contribution is 9.10. The van der Waals surface area contributed by atoms with Crippen molar-refractivity contribution in [3.63, 3.8) is 0 Å². The van der Waals surface area contributed by atoms with E-state index in [4.69, 9.17) is 10.00 Å². The van der Waals surface area contributed by atoms with Crippen molar-refractivity contribution in [1.29, 1.82) is 5.26 Å². The molecule has 2 aromatic rings. The zero-order valence-electron chi connectivity index (χ0n) is 13.4. The molecule has 0 aliphatic carbocycles. The van der Waals surface area contributed by atoms with E-state index in [1.54, 1.807) is 6.07 Å². The Kier molecular flexibility index (Phi) is 7.41. The van der Waals surface area contributed by atoms with Crippen molar-refractivity contribution in [3.05, 3.63) is 70.2 Å². The van der Waals surface area contributed by atoms with Gasteiger partial charge in [0.15, 0.2) is 0 Å². The van der Waals surface area contributed by atoms with Gasteiger partial charge in [0.2, 0.25) is 0 Å². The van der Waals surface area contributed by atoms with Gasteiger partial charge in [-0.15, -0.1) is 0 Å². The molecule has 0 spiro atoms. The molecule has 2 aromatic carbocycles. The van der Waals surface area contributed by atoms with Gasteiger partial charge in [-0.2, -0.15) is 10.4 Å². The third kappa shape index (κ3) is 6.61. The Balaban J connectivity index is 1.98. The van der Waals surface area contributed by atoms with Crippen molar-refractivity contribution >= 4 is 34.1 Å². The van der Waals surface area contributed by atoms with Crippen LogP contribution in [0, 0.1) is 11.3 Å². The molecule has 0 unspecified atom stereocenters. The van der Waals surface area contributed by atoms with Crippen LogP contribution in [0.15, 0.2) is 64.2 Å². The average Bonchev–Trinajstić information content (AvgIpc) is 2.61. The fourth-order valence-electron chi connectivity index (χ4n) is 1.92. The number of hydrogen-bond donors (Lipinski definition) is 1. The van der Waals surface area contributed by atoms with Crippen LogP contribution in [0.4, 0.5) is 0 Å². The minimum absolute atomic E-state index is 0.233. The van der Waals surface area contributed by atoms with E-state index in [1.807, 2.05) is 60.7 Å². The normalized spacial score (nSPS) is 10.7. The van der Waals surface area contributed by atoms with Crippen molar-refractivity contribution < 1.29 is 9.53 Å². The van der Waals surface area contributed by atoms with Crippen molar-refractivity contribution in [3.8, 4) is 11.8 Å². The predicted molar refractivity (Wildman–Crippen MR) is 101 cm³/mol. The van der Waals surface area contributed by atoms with Gasteiger partial charge in [-0.25, -0.2) is 5.43 Å². The first-order valence-electron chi connectivity index (χ1n) is 7.52. The van der Waals surface area contributed by atoms with Crippen LogP contribution in [-0.4, -0.2) is 18.7 Å². The van der Waals surface area contributed by atoms with Crippen molar-refractivity contribution in [1.82, 2.24) is 5.43 Å². The highest BCUT2D eigenvalue weighted by Gasteiger charge is 2.03. The Morgan fingerprint density at radius 3 is 2.84 bits per heavy atom. The molecule has 0 heterocycles. The molecule has 126 valence electrons. The van der Waals surface area contributed by atoms with Crippen molar-refractivity contribution in [2.45, 2.75) is 6.42 Å². The zero-order chi connectivity index (χ0) is 17.9. The second-order valence-electron chi connectivity index (χ2n) is 4.93. The number of nitriles is 1. The van der Waals surface area contributed by atoms with E-state index in [-0.39, 0.29) is 6.42 Å². The van der Waals surface area contributed by atoms with Gasteiger partial charge in [-0.05, 0) is 29.8 Å². The molecule has 0 bridgehead atoms. The first kappa shape index (κ1) is 18.4. The monoisotopic (exact) mass is 397 g/mol. The largest absolute Gasteiger partial charge is 0.489 e. The van der Waals surface area contributed by atoms with Gasteiger partial charge in [0.05, 0.1) is 12.3 Å². The molecule has 0 atom stereocenters. The van der Waals surface area contributed by atoms with Crippen LogP contribution in [-0.2, 0) is 4.79 Å². The smallest absolute Gasteiger partial charge is 0.254 e. The Morgan fingerprint density at radius 2 is 2.08 bits per heavy atom.